The number of ether oxygens (including phenoxy) is 1. The molecule has 20 heteroatoms. The van der Waals surface area contributed by atoms with E-state index >= 15 is 0 Å². The van der Waals surface area contributed by atoms with Crippen molar-refractivity contribution in [3.63, 3.8) is 0 Å². The molecule has 0 saturated carbocycles. The third kappa shape index (κ3) is 15.2. The topological polar surface area (TPSA) is 281 Å². The predicted octanol–water partition coefficient (Wildman–Crippen LogP) is 0.565. The first kappa shape index (κ1) is 49.5. The van der Waals surface area contributed by atoms with Crippen LogP contribution in [0.15, 0.2) is 30.3 Å². The fourth-order valence-electron chi connectivity index (χ4n) is 6.41. The molecule has 59 heavy (non-hydrogen) atoms. The van der Waals surface area contributed by atoms with Gasteiger partial charge in [0.2, 0.25) is 29.5 Å². The summed E-state index contributed by atoms with van der Waals surface area (Å²) in [5.41, 5.74) is 3.45. The van der Waals surface area contributed by atoms with Gasteiger partial charge in [0.05, 0.1) is 19.1 Å². The minimum Gasteiger partial charge on any atom is -0.481 e. The Labute approximate surface area is 343 Å². The lowest BCUT2D eigenvalue weighted by molar-refractivity contribution is -0.187. The summed E-state index contributed by atoms with van der Waals surface area (Å²) in [6.45, 7) is 10.9. The number of hydroxylamine groups is 2. The monoisotopic (exact) mass is 833 g/mol. The van der Waals surface area contributed by atoms with E-state index in [1.165, 1.54) is 18.7 Å². The van der Waals surface area contributed by atoms with Crippen molar-refractivity contribution in [2.75, 3.05) is 13.1 Å². The van der Waals surface area contributed by atoms with Crippen molar-refractivity contribution in [2.45, 2.75) is 130 Å². The smallest absolute Gasteiger partial charge is 0.305 e. The van der Waals surface area contributed by atoms with E-state index in [4.69, 9.17) is 4.74 Å². The Kier molecular flexibility index (Phi) is 19.9. The van der Waals surface area contributed by atoms with Crippen molar-refractivity contribution in [3.05, 3.63) is 35.9 Å². The van der Waals surface area contributed by atoms with Crippen LogP contribution in [0.2, 0.25) is 0 Å². The average Bonchev–Trinajstić information content (AvgIpc) is 3.61. The first-order valence-corrected chi connectivity index (χ1v) is 19.6. The molecule has 7 amide bonds. The summed E-state index contributed by atoms with van der Waals surface area (Å²) in [7, 11) is 0. The molecule has 0 aliphatic carbocycles. The number of hydrogen-bond donors (Lipinski definition) is 7. The Balaban J connectivity index is 2.45. The number of nitrogens with one attached hydrogen (secondary N) is 4. The predicted molar refractivity (Wildman–Crippen MR) is 208 cm³/mol. The van der Waals surface area contributed by atoms with Crippen molar-refractivity contribution >= 4 is 53.3 Å². The van der Waals surface area contributed by atoms with Gasteiger partial charge in [0.25, 0.3) is 11.8 Å². The number of carbonyl (C=O) groups excluding carboxylic acids is 7. The lowest BCUT2D eigenvalue weighted by Gasteiger charge is -2.35. The van der Waals surface area contributed by atoms with E-state index in [9.17, 15) is 58.6 Å². The molecule has 1 aliphatic heterocycles. The molecule has 20 nitrogen and oxygen atoms in total. The molecule has 1 unspecified atom stereocenters. The third-order valence-corrected chi connectivity index (χ3v) is 9.75. The molecular formula is C39H59N7O13. The third-order valence-electron chi connectivity index (χ3n) is 9.75. The molecule has 1 fully saturated rings. The summed E-state index contributed by atoms with van der Waals surface area (Å²) in [6, 6.07) is 1.63. The molecule has 2 rings (SSSR count). The Hall–Kier alpha value is -5.63. The maximum atomic E-state index is 14.4. The average molecular weight is 834 g/mol. The van der Waals surface area contributed by atoms with E-state index in [1.54, 1.807) is 20.8 Å². The summed E-state index contributed by atoms with van der Waals surface area (Å²) in [6.07, 6.45) is -1.98. The highest BCUT2D eigenvalue weighted by molar-refractivity contribution is 5.97. The molecule has 1 saturated heterocycles. The Morgan fingerprint density at radius 3 is 2.05 bits per heavy atom. The molecule has 0 aromatic heterocycles. The van der Waals surface area contributed by atoms with Crippen molar-refractivity contribution in [1.82, 2.24) is 36.3 Å². The molecule has 7 atom stereocenters. The van der Waals surface area contributed by atoms with Crippen molar-refractivity contribution < 1.29 is 63.3 Å². The minimum absolute atomic E-state index is 0.0480. The fourth-order valence-corrected chi connectivity index (χ4v) is 6.41. The maximum absolute atomic E-state index is 14.4. The van der Waals surface area contributed by atoms with Gasteiger partial charge in [-0.15, -0.1) is 0 Å². The quantitative estimate of drug-likeness (QED) is 0.0622. The molecule has 0 bridgehead atoms. The lowest BCUT2D eigenvalue weighted by atomic mass is 9.95. The van der Waals surface area contributed by atoms with E-state index in [1.807, 2.05) is 37.3 Å². The first-order valence-electron chi connectivity index (χ1n) is 19.6. The Bertz CT molecular complexity index is 1640. The van der Waals surface area contributed by atoms with E-state index in [-0.39, 0.29) is 37.6 Å². The van der Waals surface area contributed by atoms with Gasteiger partial charge in [0.1, 0.15) is 30.2 Å². The number of amides is 7. The highest BCUT2D eigenvalue weighted by Crippen LogP contribution is 2.25. The SMILES string of the molecule is CCCN(NC(=O)[C@@H]1C[C@@H](OCc2ccccc2)CN1C(=O)[C@@H](NC(=O)[C@H](C(C)CC)N(O)C(=O)[C@@H](CCC(=O)O)NC(=O)[C@H](CC(=O)O)NC(C)=O)C(C)C)C(C)=O. The molecule has 0 spiro atoms. The summed E-state index contributed by atoms with van der Waals surface area (Å²) in [5, 5.41) is 38.1. The number of carboxylic acids is 2. The van der Waals surface area contributed by atoms with Crippen LogP contribution in [-0.2, 0) is 54.5 Å². The number of likely N-dealkylation sites (tertiary alicyclic amines) is 1. The number of hydrogen-bond acceptors (Lipinski definition) is 11. The van der Waals surface area contributed by atoms with E-state index in [0.717, 1.165) is 17.5 Å². The van der Waals surface area contributed by atoms with Crippen LogP contribution in [-0.4, -0.2) is 133 Å². The number of carbonyl (C=O) groups is 9. The number of hydrazine groups is 1. The van der Waals surface area contributed by atoms with Crippen LogP contribution in [0.3, 0.4) is 0 Å². The zero-order valence-electron chi connectivity index (χ0n) is 34.6. The maximum Gasteiger partial charge on any atom is 0.305 e. The zero-order valence-corrected chi connectivity index (χ0v) is 34.6. The minimum atomic E-state index is -1.80. The zero-order chi connectivity index (χ0) is 44.6. The van der Waals surface area contributed by atoms with Crippen LogP contribution in [0.5, 0.6) is 0 Å². The summed E-state index contributed by atoms with van der Waals surface area (Å²) < 4.78 is 6.11. The van der Waals surface area contributed by atoms with Crippen LogP contribution in [0.25, 0.3) is 0 Å². The van der Waals surface area contributed by atoms with Crippen molar-refractivity contribution in [3.8, 4) is 0 Å². The van der Waals surface area contributed by atoms with Gasteiger partial charge in [-0.25, -0.2) is 5.06 Å². The van der Waals surface area contributed by atoms with Gasteiger partial charge in [-0.3, -0.25) is 58.8 Å². The summed E-state index contributed by atoms with van der Waals surface area (Å²) in [4.78, 5) is 117. The van der Waals surface area contributed by atoms with Gasteiger partial charge in [0, 0.05) is 39.8 Å². The van der Waals surface area contributed by atoms with Crippen LogP contribution in [0.1, 0.15) is 92.6 Å². The van der Waals surface area contributed by atoms with Gasteiger partial charge in [-0.05, 0) is 30.2 Å². The summed E-state index contributed by atoms with van der Waals surface area (Å²) >= 11 is 0. The van der Waals surface area contributed by atoms with E-state index in [2.05, 4.69) is 21.4 Å². The Morgan fingerprint density at radius 2 is 1.53 bits per heavy atom. The highest BCUT2D eigenvalue weighted by Gasteiger charge is 2.45. The second kappa shape index (κ2) is 23.7. The van der Waals surface area contributed by atoms with Gasteiger partial charge < -0.3 is 35.8 Å². The summed E-state index contributed by atoms with van der Waals surface area (Å²) in [5.74, 6) is -10.2. The number of aliphatic carboxylic acids is 2. The number of nitrogens with zero attached hydrogens (tertiary/aromatic N) is 3. The molecule has 1 aromatic rings. The lowest BCUT2D eigenvalue weighted by Crippen LogP contribution is -2.62. The van der Waals surface area contributed by atoms with Crippen molar-refractivity contribution in [2.24, 2.45) is 11.8 Å². The van der Waals surface area contributed by atoms with Crippen molar-refractivity contribution in [1.29, 1.82) is 0 Å². The molecule has 7 N–H and O–H groups in total. The van der Waals surface area contributed by atoms with E-state index < -0.39 is 121 Å². The fraction of sp³-hybridized carbons (Fsp3) is 0.615. The Morgan fingerprint density at radius 1 is 0.881 bits per heavy atom. The highest BCUT2D eigenvalue weighted by atomic mass is 16.5. The number of benzene rings is 1. The van der Waals surface area contributed by atoms with Crippen LogP contribution in [0, 0.1) is 11.8 Å². The first-order chi connectivity index (χ1) is 27.7. The van der Waals surface area contributed by atoms with Crippen LogP contribution >= 0.6 is 0 Å². The number of carboxylic acid groups (broad SMARTS) is 2. The second-order valence-electron chi connectivity index (χ2n) is 14.9. The molecule has 1 aromatic carbocycles. The number of rotatable bonds is 22. The van der Waals surface area contributed by atoms with Crippen LogP contribution in [0.4, 0.5) is 0 Å². The molecular weight excluding hydrogens is 774 g/mol. The van der Waals surface area contributed by atoms with Crippen LogP contribution < -0.4 is 21.4 Å². The van der Waals surface area contributed by atoms with Gasteiger partial charge >= 0.3 is 11.9 Å². The largest absolute Gasteiger partial charge is 0.481 e. The molecule has 1 aliphatic rings. The molecule has 1 heterocycles. The molecule has 0 radical (unpaired) electrons. The standard InChI is InChI=1S/C39H59N7O13/c1-8-17-45(25(7)48)43-36(54)30-18-27(59-21-26-13-11-10-12-14-26)20-44(30)39(57)33(22(3)4)42-37(55)34(23(5)9-2)46(58)38(56)28(15-16-31(49)50)41-35(53)29(19-32(51)52)40-24(6)47/h10-14,22-23,27-30,33-34,58H,8-9,15-21H2,1-7H3,(H,40,47)(H,41,53)(H,42,55)(H,43,54)(H,49,50)(H,51,52)/t23?,27-,28-,29+,30+,33+,34+/m1/s1. The normalized spacial score (nSPS) is 17.4. The second-order valence-corrected chi connectivity index (χ2v) is 14.9. The van der Waals surface area contributed by atoms with E-state index in [0.29, 0.717) is 6.42 Å². The van der Waals surface area contributed by atoms with Gasteiger partial charge in [-0.1, -0.05) is 71.4 Å². The van der Waals surface area contributed by atoms with Gasteiger partial charge in [0.15, 0.2) is 0 Å². The molecule has 328 valence electrons. The van der Waals surface area contributed by atoms with Gasteiger partial charge in [-0.2, -0.15) is 0 Å².